The standard InChI is InChI=1S/C21H26ClN3O/c22-21-8-6-20(7-9-21)18-23-26-17-16-25-14-12-24(13-15-25)11-10-19-4-2-1-3-5-19/h1-9,18H,10-17H2. The first-order valence-corrected chi connectivity index (χ1v) is 9.57. The van der Waals surface area contributed by atoms with Crippen molar-refractivity contribution in [3.05, 3.63) is 70.7 Å². The summed E-state index contributed by atoms with van der Waals surface area (Å²) in [7, 11) is 0. The van der Waals surface area contributed by atoms with Gasteiger partial charge in [0.15, 0.2) is 0 Å². The van der Waals surface area contributed by atoms with E-state index in [2.05, 4.69) is 45.3 Å². The van der Waals surface area contributed by atoms with E-state index < -0.39 is 0 Å². The summed E-state index contributed by atoms with van der Waals surface area (Å²) in [6, 6.07) is 18.2. The number of benzene rings is 2. The van der Waals surface area contributed by atoms with Crippen LogP contribution < -0.4 is 0 Å². The Morgan fingerprint density at radius 1 is 0.885 bits per heavy atom. The Bertz CT molecular complexity index is 667. The van der Waals surface area contributed by atoms with E-state index >= 15 is 0 Å². The number of halogens is 1. The Kier molecular flexibility index (Phi) is 7.50. The van der Waals surface area contributed by atoms with E-state index in [-0.39, 0.29) is 0 Å². The van der Waals surface area contributed by atoms with Crippen LogP contribution in [-0.2, 0) is 11.3 Å². The van der Waals surface area contributed by atoms with Crippen LogP contribution in [0.1, 0.15) is 11.1 Å². The van der Waals surface area contributed by atoms with Crippen LogP contribution in [0.15, 0.2) is 59.8 Å². The summed E-state index contributed by atoms with van der Waals surface area (Å²) in [6.45, 7) is 7.12. The number of rotatable bonds is 8. The number of piperazine rings is 1. The van der Waals surface area contributed by atoms with Gasteiger partial charge in [0.05, 0.1) is 6.21 Å². The predicted octanol–water partition coefficient (Wildman–Crippen LogP) is 3.55. The van der Waals surface area contributed by atoms with Gasteiger partial charge in [-0.25, -0.2) is 0 Å². The molecule has 138 valence electrons. The highest BCUT2D eigenvalue weighted by Gasteiger charge is 2.16. The van der Waals surface area contributed by atoms with Gasteiger partial charge in [-0.1, -0.05) is 59.2 Å². The molecule has 0 saturated carbocycles. The Morgan fingerprint density at radius 3 is 2.23 bits per heavy atom. The number of hydrogen-bond donors (Lipinski definition) is 0. The van der Waals surface area contributed by atoms with Gasteiger partial charge in [-0.15, -0.1) is 0 Å². The molecule has 0 aromatic heterocycles. The highest BCUT2D eigenvalue weighted by Crippen LogP contribution is 2.08. The first-order chi connectivity index (χ1) is 12.8. The van der Waals surface area contributed by atoms with Crippen molar-refractivity contribution in [2.24, 2.45) is 5.16 Å². The maximum atomic E-state index is 5.86. The first-order valence-electron chi connectivity index (χ1n) is 9.19. The summed E-state index contributed by atoms with van der Waals surface area (Å²) in [5.74, 6) is 0. The summed E-state index contributed by atoms with van der Waals surface area (Å²) in [5, 5.41) is 4.76. The minimum atomic E-state index is 0.619. The van der Waals surface area contributed by atoms with Crippen molar-refractivity contribution in [3.8, 4) is 0 Å². The molecule has 0 bridgehead atoms. The fraction of sp³-hybridized carbons (Fsp3) is 0.381. The third-order valence-electron chi connectivity index (χ3n) is 4.67. The molecule has 1 saturated heterocycles. The lowest BCUT2D eigenvalue weighted by atomic mass is 10.1. The molecule has 1 aliphatic rings. The average molecular weight is 372 g/mol. The van der Waals surface area contributed by atoms with Crippen LogP contribution in [0.5, 0.6) is 0 Å². The Hall–Kier alpha value is -1.88. The van der Waals surface area contributed by atoms with Crippen LogP contribution in [-0.4, -0.2) is 61.9 Å². The molecule has 1 aliphatic heterocycles. The van der Waals surface area contributed by atoms with Crippen molar-refractivity contribution in [1.29, 1.82) is 0 Å². The smallest absolute Gasteiger partial charge is 0.129 e. The summed E-state index contributed by atoms with van der Waals surface area (Å²) < 4.78 is 0. The third-order valence-corrected chi connectivity index (χ3v) is 4.92. The van der Waals surface area contributed by atoms with Crippen LogP contribution >= 0.6 is 11.6 Å². The SMILES string of the molecule is Clc1ccc(C=NOCCN2CCN(CCc3ccccc3)CC2)cc1. The van der Waals surface area contributed by atoms with E-state index in [4.69, 9.17) is 16.4 Å². The molecule has 1 heterocycles. The van der Waals surface area contributed by atoms with Gasteiger partial charge in [0.2, 0.25) is 0 Å². The van der Waals surface area contributed by atoms with Gasteiger partial charge in [0, 0.05) is 44.3 Å². The number of nitrogens with zero attached hydrogens (tertiary/aromatic N) is 3. The third kappa shape index (κ3) is 6.45. The molecule has 0 N–H and O–H groups in total. The normalized spacial score (nSPS) is 16.2. The lowest BCUT2D eigenvalue weighted by molar-refractivity contribution is 0.0800. The second kappa shape index (κ2) is 10.3. The maximum absolute atomic E-state index is 5.86. The lowest BCUT2D eigenvalue weighted by Gasteiger charge is -2.34. The molecule has 0 aliphatic carbocycles. The molecule has 2 aromatic carbocycles. The van der Waals surface area contributed by atoms with E-state index in [9.17, 15) is 0 Å². The molecule has 4 nitrogen and oxygen atoms in total. The van der Waals surface area contributed by atoms with Crippen molar-refractivity contribution in [3.63, 3.8) is 0 Å². The Morgan fingerprint density at radius 2 is 1.54 bits per heavy atom. The van der Waals surface area contributed by atoms with E-state index in [0.717, 1.165) is 56.3 Å². The van der Waals surface area contributed by atoms with Crippen molar-refractivity contribution < 1.29 is 4.84 Å². The van der Waals surface area contributed by atoms with Gasteiger partial charge in [-0.05, 0) is 29.7 Å². The van der Waals surface area contributed by atoms with Gasteiger partial charge in [-0.2, -0.15) is 0 Å². The van der Waals surface area contributed by atoms with Gasteiger partial charge in [0.1, 0.15) is 6.61 Å². The van der Waals surface area contributed by atoms with Crippen LogP contribution in [0.3, 0.4) is 0 Å². The van der Waals surface area contributed by atoms with Crippen LogP contribution in [0, 0.1) is 0 Å². The van der Waals surface area contributed by atoms with Crippen molar-refractivity contribution >= 4 is 17.8 Å². The molecule has 0 unspecified atom stereocenters. The summed E-state index contributed by atoms with van der Waals surface area (Å²) in [5.41, 5.74) is 2.41. The second-order valence-corrected chi connectivity index (χ2v) is 6.97. The lowest BCUT2D eigenvalue weighted by Crippen LogP contribution is -2.47. The van der Waals surface area contributed by atoms with Crippen molar-refractivity contribution in [1.82, 2.24) is 9.80 Å². The fourth-order valence-corrected chi connectivity index (χ4v) is 3.16. The first kappa shape index (κ1) is 18.9. The summed E-state index contributed by atoms with van der Waals surface area (Å²) >= 11 is 5.86. The molecule has 5 heteroatoms. The quantitative estimate of drug-likeness (QED) is 0.403. The maximum Gasteiger partial charge on any atom is 0.129 e. The molecule has 0 amide bonds. The van der Waals surface area contributed by atoms with Crippen LogP contribution in [0.25, 0.3) is 0 Å². The minimum Gasteiger partial charge on any atom is -0.394 e. The zero-order valence-corrected chi connectivity index (χ0v) is 15.8. The highest BCUT2D eigenvalue weighted by molar-refractivity contribution is 6.30. The highest BCUT2D eigenvalue weighted by atomic mass is 35.5. The van der Waals surface area contributed by atoms with Crippen molar-refractivity contribution in [2.45, 2.75) is 6.42 Å². The zero-order chi connectivity index (χ0) is 18.0. The van der Waals surface area contributed by atoms with Crippen molar-refractivity contribution in [2.75, 3.05) is 45.9 Å². The zero-order valence-electron chi connectivity index (χ0n) is 15.1. The van der Waals surface area contributed by atoms with Gasteiger partial charge in [-0.3, -0.25) is 4.90 Å². The molecular formula is C21H26ClN3O. The predicted molar refractivity (Wildman–Crippen MR) is 108 cm³/mol. The molecule has 0 radical (unpaired) electrons. The van der Waals surface area contributed by atoms with Gasteiger partial charge < -0.3 is 9.74 Å². The molecule has 1 fully saturated rings. The molecule has 2 aromatic rings. The minimum absolute atomic E-state index is 0.619. The Labute approximate surface area is 161 Å². The Balaban J connectivity index is 1.27. The number of hydrogen-bond acceptors (Lipinski definition) is 4. The molecule has 0 atom stereocenters. The van der Waals surface area contributed by atoms with E-state index in [1.807, 2.05) is 24.3 Å². The van der Waals surface area contributed by atoms with Crippen LogP contribution in [0.4, 0.5) is 0 Å². The molecular weight excluding hydrogens is 346 g/mol. The monoisotopic (exact) mass is 371 g/mol. The molecule has 26 heavy (non-hydrogen) atoms. The largest absolute Gasteiger partial charge is 0.394 e. The topological polar surface area (TPSA) is 28.1 Å². The van der Waals surface area contributed by atoms with Gasteiger partial charge in [0.25, 0.3) is 0 Å². The summed E-state index contributed by atoms with van der Waals surface area (Å²) in [4.78, 5) is 10.4. The van der Waals surface area contributed by atoms with E-state index in [1.165, 1.54) is 5.56 Å². The van der Waals surface area contributed by atoms with E-state index in [0.29, 0.717) is 6.61 Å². The van der Waals surface area contributed by atoms with Gasteiger partial charge >= 0.3 is 0 Å². The fourth-order valence-electron chi connectivity index (χ4n) is 3.04. The van der Waals surface area contributed by atoms with E-state index in [1.54, 1.807) is 6.21 Å². The summed E-state index contributed by atoms with van der Waals surface area (Å²) in [6.07, 6.45) is 2.85. The van der Waals surface area contributed by atoms with Crippen LogP contribution in [0.2, 0.25) is 5.02 Å². The molecule has 3 rings (SSSR count). The second-order valence-electron chi connectivity index (χ2n) is 6.54. The average Bonchev–Trinajstić information content (AvgIpc) is 2.69. The molecule has 0 spiro atoms. The number of oxime groups is 1.